The van der Waals surface area contributed by atoms with E-state index in [1.165, 1.54) is 0 Å². The number of anilines is 1. The summed E-state index contributed by atoms with van der Waals surface area (Å²) >= 11 is 6.25. The molecule has 0 aliphatic rings. The first-order valence-corrected chi connectivity index (χ1v) is 7.72. The fourth-order valence-corrected chi connectivity index (χ4v) is 1.96. The highest BCUT2D eigenvalue weighted by atomic mass is 35.5. The quantitative estimate of drug-likeness (QED) is 0.799. The van der Waals surface area contributed by atoms with E-state index in [-0.39, 0.29) is 10.8 Å². The maximum Gasteiger partial charge on any atom is 0.137 e. The molecule has 4 nitrogen and oxygen atoms in total. The Morgan fingerprint density at radius 1 is 1.14 bits per heavy atom. The van der Waals surface area contributed by atoms with E-state index in [0.717, 1.165) is 36.8 Å². The fourth-order valence-electron chi connectivity index (χ4n) is 1.79. The molecule has 1 rings (SSSR count). The van der Waals surface area contributed by atoms with E-state index in [2.05, 4.69) is 49.9 Å². The Bertz CT molecular complexity index is 481. The van der Waals surface area contributed by atoms with Crippen LogP contribution in [0, 0.1) is 12.3 Å². The van der Waals surface area contributed by atoms with Gasteiger partial charge in [-0.2, -0.15) is 0 Å². The summed E-state index contributed by atoms with van der Waals surface area (Å²) in [6.45, 7) is 14.2. The predicted octanol–water partition coefficient (Wildman–Crippen LogP) is 4.21. The zero-order valence-corrected chi connectivity index (χ0v) is 15.1. The molecule has 0 saturated heterocycles. The molecule has 0 spiro atoms. The summed E-state index contributed by atoms with van der Waals surface area (Å²) in [6, 6.07) is 0. The van der Waals surface area contributed by atoms with Crippen LogP contribution in [0.2, 0.25) is 5.15 Å². The Kier molecular flexibility index (Phi) is 6.00. The van der Waals surface area contributed by atoms with Crippen LogP contribution in [0.4, 0.5) is 5.82 Å². The summed E-state index contributed by atoms with van der Waals surface area (Å²) in [7, 11) is 1.73. The van der Waals surface area contributed by atoms with Crippen LogP contribution in [0.3, 0.4) is 0 Å². The number of ether oxygens (including phenoxy) is 1. The van der Waals surface area contributed by atoms with E-state index in [9.17, 15) is 0 Å². The maximum atomic E-state index is 6.25. The number of aromatic nitrogens is 2. The summed E-state index contributed by atoms with van der Waals surface area (Å²) in [5.41, 5.74) is 0.897. The van der Waals surface area contributed by atoms with Crippen LogP contribution in [0.15, 0.2) is 0 Å². The minimum absolute atomic E-state index is 0.126. The molecule has 0 bridgehead atoms. The van der Waals surface area contributed by atoms with Gasteiger partial charge >= 0.3 is 0 Å². The van der Waals surface area contributed by atoms with Gasteiger partial charge in [-0.15, -0.1) is 0 Å². The number of hydrogen-bond acceptors (Lipinski definition) is 4. The Morgan fingerprint density at radius 2 is 1.76 bits per heavy atom. The smallest absolute Gasteiger partial charge is 0.137 e. The SMILES string of the molecule is COCCC(C)(C)CNc1nc(C(C)(C)C)nc(Cl)c1C. The molecule has 21 heavy (non-hydrogen) atoms. The van der Waals surface area contributed by atoms with Crippen molar-refractivity contribution in [3.05, 3.63) is 16.5 Å². The van der Waals surface area contributed by atoms with Gasteiger partial charge in [-0.25, -0.2) is 9.97 Å². The highest BCUT2D eigenvalue weighted by Crippen LogP contribution is 2.27. The lowest BCUT2D eigenvalue weighted by atomic mass is 9.89. The van der Waals surface area contributed by atoms with Gasteiger partial charge in [0.25, 0.3) is 0 Å². The number of halogens is 1. The van der Waals surface area contributed by atoms with Crippen molar-refractivity contribution >= 4 is 17.4 Å². The first-order valence-electron chi connectivity index (χ1n) is 7.34. The van der Waals surface area contributed by atoms with Crippen LogP contribution in [0.5, 0.6) is 0 Å². The Balaban J connectivity index is 2.90. The van der Waals surface area contributed by atoms with Gasteiger partial charge in [0, 0.05) is 31.2 Å². The second-order valence-electron chi connectivity index (χ2n) is 7.32. The Morgan fingerprint density at radius 3 is 2.29 bits per heavy atom. The number of nitrogens with one attached hydrogen (secondary N) is 1. The lowest BCUT2D eigenvalue weighted by Gasteiger charge is -2.26. The molecule has 1 N–H and O–H groups in total. The van der Waals surface area contributed by atoms with Crippen LogP contribution in [-0.4, -0.2) is 30.2 Å². The third-order valence-corrected chi connectivity index (χ3v) is 3.84. The lowest BCUT2D eigenvalue weighted by Crippen LogP contribution is -2.26. The van der Waals surface area contributed by atoms with Crippen molar-refractivity contribution in [1.29, 1.82) is 0 Å². The summed E-state index contributed by atoms with van der Waals surface area (Å²) in [5, 5.41) is 3.94. The topological polar surface area (TPSA) is 47.0 Å². The molecular formula is C16H28ClN3O. The highest BCUT2D eigenvalue weighted by Gasteiger charge is 2.22. The largest absolute Gasteiger partial charge is 0.385 e. The summed E-state index contributed by atoms with van der Waals surface area (Å²) in [6.07, 6.45) is 0.987. The minimum Gasteiger partial charge on any atom is -0.385 e. The molecule has 0 aliphatic carbocycles. The first-order chi connectivity index (χ1) is 9.57. The van der Waals surface area contributed by atoms with Crippen molar-refractivity contribution in [3.63, 3.8) is 0 Å². The predicted molar refractivity (Wildman–Crippen MR) is 89.2 cm³/mol. The minimum atomic E-state index is -0.126. The van der Waals surface area contributed by atoms with Crippen molar-refractivity contribution in [2.75, 3.05) is 25.6 Å². The van der Waals surface area contributed by atoms with Crippen LogP contribution >= 0.6 is 11.6 Å². The molecule has 1 aromatic rings. The van der Waals surface area contributed by atoms with E-state index < -0.39 is 0 Å². The zero-order valence-electron chi connectivity index (χ0n) is 14.3. The van der Waals surface area contributed by atoms with Gasteiger partial charge < -0.3 is 10.1 Å². The first kappa shape index (κ1) is 18.2. The molecule has 0 fully saturated rings. The third-order valence-electron chi connectivity index (χ3n) is 3.47. The molecule has 0 atom stereocenters. The molecule has 1 aromatic heterocycles. The molecule has 120 valence electrons. The van der Waals surface area contributed by atoms with E-state index in [4.69, 9.17) is 16.3 Å². The maximum absolute atomic E-state index is 6.25. The van der Waals surface area contributed by atoms with E-state index in [1.54, 1.807) is 7.11 Å². The molecule has 0 saturated carbocycles. The van der Waals surface area contributed by atoms with Crippen LogP contribution in [-0.2, 0) is 10.2 Å². The van der Waals surface area contributed by atoms with Gasteiger partial charge in [-0.3, -0.25) is 0 Å². The van der Waals surface area contributed by atoms with E-state index in [1.807, 2.05) is 6.92 Å². The van der Waals surface area contributed by atoms with Crippen LogP contribution in [0.25, 0.3) is 0 Å². The number of nitrogens with zero attached hydrogens (tertiary/aromatic N) is 2. The van der Waals surface area contributed by atoms with E-state index >= 15 is 0 Å². The van der Waals surface area contributed by atoms with Crippen LogP contribution < -0.4 is 5.32 Å². The van der Waals surface area contributed by atoms with Gasteiger partial charge in [-0.05, 0) is 18.8 Å². The second kappa shape index (κ2) is 6.93. The second-order valence-corrected chi connectivity index (χ2v) is 7.68. The van der Waals surface area contributed by atoms with Crippen LogP contribution in [0.1, 0.15) is 52.4 Å². The van der Waals surface area contributed by atoms with Crippen molar-refractivity contribution in [1.82, 2.24) is 9.97 Å². The summed E-state index contributed by atoms with van der Waals surface area (Å²) < 4.78 is 5.16. The van der Waals surface area contributed by atoms with Gasteiger partial charge in [0.2, 0.25) is 0 Å². The fraction of sp³-hybridized carbons (Fsp3) is 0.750. The Labute approximate surface area is 133 Å². The molecule has 0 unspecified atom stereocenters. The average molecular weight is 314 g/mol. The monoisotopic (exact) mass is 313 g/mol. The molecule has 0 aromatic carbocycles. The number of rotatable bonds is 6. The molecular weight excluding hydrogens is 286 g/mol. The van der Waals surface area contributed by atoms with Crippen molar-refractivity contribution in [2.24, 2.45) is 5.41 Å². The zero-order chi connectivity index (χ0) is 16.3. The highest BCUT2D eigenvalue weighted by molar-refractivity contribution is 6.30. The third kappa shape index (κ3) is 5.44. The molecule has 0 radical (unpaired) electrons. The standard InChI is InChI=1S/C16H28ClN3O/c1-11-12(17)19-14(15(2,3)4)20-13(11)18-10-16(5,6)8-9-21-7/h8-10H2,1-7H3,(H,18,19,20). The van der Waals surface area contributed by atoms with Crippen molar-refractivity contribution < 1.29 is 4.74 Å². The van der Waals surface area contributed by atoms with E-state index in [0.29, 0.717) is 5.15 Å². The Hall–Kier alpha value is -0.870. The number of methoxy groups -OCH3 is 1. The lowest BCUT2D eigenvalue weighted by molar-refractivity contribution is 0.157. The molecule has 1 heterocycles. The molecule has 0 aliphatic heterocycles. The number of hydrogen-bond donors (Lipinski definition) is 1. The van der Waals surface area contributed by atoms with Gasteiger partial charge in [0.1, 0.15) is 16.8 Å². The van der Waals surface area contributed by atoms with Gasteiger partial charge in [0.05, 0.1) is 0 Å². The summed E-state index contributed by atoms with van der Waals surface area (Å²) in [4.78, 5) is 9.04. The molecule has 5 heteroatoms. The summed E-state index contributed by atoms with van der Waals surface area (Å²) in [5.74, 6) is 1.58. The molecule has 0 amide bonds. The van der Waals surface area contributed by atoms with Crippen molar-refractivity contribution in [3.8, 4) is 0 Å². The van der Waals surface area contributed by atoms with Gasteiger partial charge in [0.15, 0.2) is 0 Å². The normalized spacial score (nSPS) is 12.6. The average Bonchev–Trinajstić information content (AvgIpc) is 2.37. The van der Waals surface area contributed by atoms with Gasteiger partial charge in [-0.1, -0.05) is 46.2 Å². The van der Waals surface area contributed by atoms with Crippen molar-refractivity contribution in [2.45, 2.75) is 53.4 Å².